The van der Waals surface area contributed by atoms with Crippen molar-refractivity contribution >= 4 is 22.7 Å². The maximum atomic E-state index is 14.3. The number of aromatic amines is 1. The Morgan fingerprint density at radius 3 is 2.64 bits per heavy atom. The van der Waals surface area contributed by atoms with Gasteiger partial charge < -0.3 is 19.7 Å². The number of rotatable bonds is 8. The first-order valence-electron chi connectivity index (χ1n) is 13.6. The van der Waals surface area contributed by atoms with E-state index in [0.29, 0.717) is 31.3 Å². The molecule has 1 aliphatic heterocycles. The van der Waals surface area contributed by atoms with Crippen molar-refractivity contribution in [2.75, 3.05) is 26.2 Å². The Morgan fingerprint density at radius 2 is 1.95 bits per heavy atom. The van der Waals surface area contributed by atoms with E-state index in [9.17, 15) is 23.5 Å². The number of carbonyl (C=O) groups is 2. The number of likely N-dealkylation sites (tertiary alicyclic amines) is 1. The number of ether oxygens (including phenoxy) is 1. The Labute approximate surface area is 226 Å². The first kappa shape index (κ1) is 27.1. The number of hydrogen-bond donors (Lipinski definition) is 2. The lowest BCUT2D eigenvalue weighted by Crippen LogP contribution is -2.52. The van der Waals surface area contributed by atoms with Crippen LogP contribution in [0.25, 0.3) is 10.9 Å². The Morgan fingerprint density at radius 1 is 1.18 bits per heavy atom. The monoisotopic (exact) mass is 539 g/mol. The first-order valence-corrected chi connectivity index (χ1v) is 13.6. The van der Waals surface area contributed by atoms with Crippen molar-refractivity contribution in [2.24, 2.45) is 11.3 Å². The summed E-state index contributed by atoms with van der Waals surface area (Å²) in [7, 11) is 0. The van der Waals surface area contributed by atoms with E-state index < -0.39 is 12.0 Å². The highest BCUT2D eigenvalue weighted by Crippen LogP contribution is 2.55. The van der Waals surface area contributed by atoms with Gasteiger partial charge in [0, 0.05) is 42.0 Å². The van der Waals surface area contributed by atoms with Gasteiger partial charge in [0.15, 0.2) is 0 Å². The van der Waals surface area contributed by atoms with E-state index in [0.717, 1.165) is 35.4 Å². The minimum Gasteiger partial charge on any atom is -0.508 e. The van der Waals surface area contributed by atoms with Crippen molar-refractivity contribution in [3.8, 4) is 11.5 Å². The molecule has 3 aromatic rings. The fourth-order valence-electron chi connectivity index (χ4n) is 6.63. The molecule has 9 heteroatoms. The number of benzene rings is 2. The quantitative estimate of drug-likeness (QED) is 0.381. The van der Waals surface area contributed by atoms with Crippen LogP contribution in [0.5, 0.6) is 11.5 Å². The lowest BCUT2D eigenvalue weighted by atomic mass is 9.59. The SMILES string of the molecule is CCN(CC)CCN1C(=O)CCC2[C@H](c3cccc(O)c3)c3[nH]c4ccc(OC(F)F)cc4c3C[C@@]2(C)C1=O. The van der Waals surface area contributed by atoms with Gasteiger partial charge in [-0.25, -0.2) is 0 Å². The Balaban J connectivity index is 1.64. The molecule has 3 atom stereocenters. The predicted octanol–water partition coefficient (Wildman–Crippen LogP) is 5.28. The van der Waals surface area contributed by atoms with E-state index in [1.165, 1.54) is 11.0 Å². The molecule has 1 fully saturated rings. The van der Waals surface area contributed by atoms with Gasteiger partial charge >= 0.3 is 6.61 Å². The third-order valence-electron chi connectivity index (χ3n) is 8.68. The largest absolute Gasteiger partial charge is 0.508 e. The van der Waals surface area contributed by atoms with Crippen molar-refractivity contribution in [1.82, 2.24) is 14.8 Å². The summed E-state index contributed by atoms with van der Waals surface area (Å²) in [6.45, 7) is 5.67. The summed E-state index contributed by atoms with van der Waals surface area (Å²) < 4.78 is 30.7. The molecule has 1 unspecified atom stereocenters. The van der Waals surface area contributed by atoms with Crippen molar-refractivity contribution in [2.45, 2.75) is 52.6 Å². The number of aromatic nitrogens is 1. The zero-order chi connectivity index (χ0) is 27.9. The lowest BCUT2D eigenvalue weighted by molar-refractivity contribution is -0.151. The Bertz CT molecular complexity index is 1390. The van der Waals surface area contributed by atoms with E-state index >= 15 is 0 Å². The number of phenols is 1. The van der Waals surface area contributed by atoms with E-state index in [-0.39, 0.29) is 41.6 Å². The zero-order valence-electron chi connectivity index (χ0n) is 22.5. The number of alkyl halides is 2. The van der Waals surface area contributed by atoms with E-state index in [1.807, 2.05) is 13.0 Å². The second-order valence-corrected chi connectivity index (χ2v) is 10.8. The van der Waals surface area contributed by atoms with Gasteiger partial charge in [-0.2, -0.15) is 8.78 Å². The maximum Gasteiger partial charge on any atom is 0.387 e. The lowest BCUT2D eigenvalue weighted by Gasteiger charge is -2.45. The van der Waals surface area contributed by atoms with Crippen molar-refractivity contribution < 1.29 is 28.2 Å². The molecule has 39 heavy (non-hydrogen) atoms. The maximum absolute atomic E-state index is 14.3. The molecule has 2 amide bonds. The minimum absolute atomic E-state index is 0.0451. The molecule has 0 bridgehead atoms. The summed E-state index contributed by atoms with van der Waals surface area (Å²) >= 11 is 0. The molecule has 0 saturated carbocycles. The number of nitrogens with zero attached hydrogens (tertiary/aromatic N) is 2. The number of likely N-dealkylation sites (N-methyl/N-ethyl adjacent to an activating group) is 1. The van der Waals surface area contributed by atoms with Crippen LogP contribution < -0.4 is 4.74 Å². The van der Waals surface area contributed by atoms with Crippen LogP contribution in [0.2, 0.25) is 0 Å². The van der Waals surface area contributed by atoms with Crippen molar-refractivity contribution in [1.29, 1.82) is 0 Å². The molecular formula is C30H35F2N3O4. The number of aromatic hydroxyl groups is 1. The molecule has 7 nitrogen and oxygen atoms in total. The molecule has 2 aliphatic rings. The van der Waals surface area contributed by atoms with Crippen LogP contribution in [0.4, 0.5) is 8.78 Å². The Kier molecular flexibility index (Phi) is 7.37. The summed E-state index contributed by atoms with van der Waals surface area (Å²) in [5.41, 5.74) is 2.40. The summed E-state index contributed by atoms with van der Waals surface area (Å²) in [5.74, 6) is -0.736. The van der Waals surface area contributed by atoms with Crippen LogP contribution in [-0.4, -0.2) is 64.5 Å². The highest BCUT2D eigenvalue weighted by atomic mass is 19.3. The number of H-pyrrole nitrogens is 1. The number of imide groups is 1. The van der Waals surface area contributed by atoms with Gasteiger partial charge in [-0.15, -0.1) is 0 Å². The van der Waals surface area contributed by atoms with Crippen molar-refractivity contribution in [3.63, 3.8) is 0 Å². The molecule has 1 aromatic heterocycles. The number of nitrogens with one attached hydrogen (secondary N) is 1. The van der Waals surface area contributed by atoms with Gasteiger partial charge in [0.05, 0.1) is 5.41 Å². The average molecular weight is 540 g/mol. The predicted molar refractivity (Wildman–Crippen MR) is 144 cm³/mol. The molecule has 1 saturated heterocycles. The Hall–Kier alpha value is -3.46. The molecule has 0 radical (unpaired) electrons. The standard InChI is InChI=1S/C30H35F2N3O4/c1-4-34(5-2)13-14-35-25(37)12-10-23-26(18-7-6-8-19(36)15-18)27-22(17-30(23,3)28(35)38)21-16-20(39-29(31)32)9-11-24(21)33-27/h6-9,11,15-16,23,26,29,33,36H,4-5,10,12-14,17H2,1-3H3/t23?,26-,30+/m0/s1. The number of halogens is 2. The number of carbonyl (C=O) groups excluding carboxylic acids is 2. The van der Waals surface area contributed by atoms with E-state index in [2.05, 4.69) is 28.5 Å². The molecule has 2 N–H and O–H groups in total. The van der Waals surface area contributed by atoms with Crippen LogP contribution in [0, 0.1) is 11.3 Å². The van der Waals surface area contributed by atoms with E-state index in [4.69, 9.17) is 0 Å². The number of amides is 2. The summed E-state index contributed by atoms with van der Waals surface area (Å²) in [5, 5.41) is 11.1. The molecule has 5 rings (SSSR count). The molecular weight excluding hydrogens is 504 g/mol. The number of hydrogen-bond acceptors (Lipinski definition) is 5. The fourth-order valence-corrected chi connectivity index (χ4v) is 6.63. The highest BCUT2D eigenvalue weighted by Gasteiger charge is 2.54. The van der Waals surface area contributed by atoms with Crippen LogP contribution in [0.3, 0.4) is 0 Å². The molecule has 2 aromatic carbocycles. The van der Waals surface area contributed by atoms with Gasteiger partial charge in [-0.1, -0.05) is 32.9 Å². The van der Waals surface area contributed by atoms with E-state index in [1.54, 1.807) is 30.3 Å². The molecule has 2 heterocycles. The van der Waals surface area contributed by atoms with Crippen molar-refractivity contribution in [3.05, 3.63) is 59.3 Å². The van der Waals surface area contributed by atoms with Gasteiger partial charge in [0.25, 0.3) is 0 Å². The number of phenolic OH excluding ortho intramolecular Hbond substituents is 1. The summed E-state index contributed by atoms with van der Waals surface area (Å²) in [4.78, 5) is 34.8. The third kappa shape index (κ3) is 4.88. The minimum atomic E-state index is -2.95. The second kappa shape index (κ2) is 10.6. The van der Waals surface area contributed by atoms with Gasteiger partial charge in [0.1, 0.15) is 11.5 Å². The van der Waals surface area contributed by atoms with Crippen LogP contribution >= 0.6 is 0 Å². The average Bonchev–Trinajstić information content (AvgIpc) is 3.21. The number of fused-ring (bicyclic) bond motifs is 4. The second-order valence-electron chi connectivity index (χ2n) is 10.8. The van der Waals surface area contributed by atoms with Crippen LogP contribution in [0.15, 0.2) is 42.5 Å². The van der Waals surface area contributed by atoms with Gasteiger partial charge in [0.2, 0.25) is 11.8 Å². The fraction of sp³-hybridized carbons (Fsp3) is 0.467. The first-order chi connectivity index (χ1) is 18.7. The smallest absolute Gasteiger partial charge is 0.387 e. The molecule has 208 valence electrons. The normalized spacial score (nSPS) is 23.3. The summed E-state index contributed by atoms with van der Waals surface area (Å²) in [6, 6.07) is 11.8. The van der Waals surface area contributed by atoms with Gasteiger partial charge in [-0.3, -0.25) is 14.5 Å². The third-order valence-corrected chi connectivity index (χ3v) is 8.68. The topological polar surface area (TPSA) is 85.9 Å². The molecule has 0 spiro atoms. The van der Waals surface area contributed by atoms with Gasteiger partial charge in [-0.05, 0) is 73.3 Å². The zero-order valence-corrected chi connectivity index (χ0v) is 22.5. The highest BCUT2D eigenvalue weighted by molar-refractivity contribution is 6.00. The van der Waals surface area contributed by atoms with Crippen LogP contribution in [-0.2, 0) is 16.0 Å². The molecule has 1 aliphatic carbocycles. The summed E-state index contributed by atoms with van der Waals surface area (Å²) in [6.07, 6.45) is 1.12. The van der Waals surface area contributed by atoms with Crippen LogP contribution in [0.1, 0.15) is 56.4 Å².